The molecule has 1 aromatic heterocycles. The van der Waals surface area contributed by atoms with Crippen molar-refractivity contribution in [3.63, 3.8) is 0 Å². The number of anilines is 1. The zero-order chi connectivity index (χ0) is 19.5. The molecular formula is C17H17ClN2O5S. The number of carbonyl (C=O) groups excluding carboxylic acids is 2. The van der Waals surface area contributed by atoms with E-state index in [0.29, 0.717) is 16.9 Å². The van der Waals surface area contributed by atoms with E-state index in [4.69, 9.17) is 16.3 Å². The highest BCUT2D eigenvalue weighted by Crippen LogP contribution is 2.20. The Morgan fingerprint density at radius 1 is 1.19 bits per heavy atom. The summed E-state index contributed by atoms with van der Waals surface area (Å²) in [5.74, 6) is -1.16. The number of halogens is 1. The largest absolute Gasteiger partial charge is 0.454 e. The minimum absolute atomic E-state index is 0.0242. The van der Waals surface area contributed by atoms with Gasteiger partial charge < -0.3 is 4.74 Å². The first kappa shape index (κ1) is 19.9. The van der Waals surface area contributed by atoms with E-state index in [1.807, 2.05) is 0 Å². The molecule has 1 N–H and O–H groups in total. The first-order chi connectivity index (χ1) is 12.1. The standard InChI is InChI=1S/C17H17ClN2O5S/c1-10-8-11(2)19-16(18)15(10)17(22)25-9-14(21)12-4-6-13(7-5-12)20-26(3,23)24/h4-8,20H,9H2,1-3H3. The van der Waals surface area contributed by atoms with Crippen molar-refractivity contribution in [1.29, 1.82) is 0 Å². The van der Waals surface area contributed by atoms with Gasteiger partial charge in [0.25, 0.3) is 0 Å². The predicted octanol–water partition coefficient (Wildman–Crippen LogP) is 2.76. The Morgan fingerprint density at radius 3 is 2.35 bits per heavy atom. The number of hydrogen-bond acceptors (Lipinski definition) is 6. The number of sulfonamides is 1. The Bertz CT molecular complexity index is 933. The Morgan fingerprint density at radius 2 is 1.81 bits per heavy atom. The lowest BCUT2D eigenvalue weighted by atomic mass is 10.1. The van der Waals surface area contributed by atoms with Gasteiger partial charge in [-0.25, -0.2) is 18.2 Å². The van der Waals surface area contributed by atoms with Crippen LogP contribution in [0.15, 0.2) is 30.3 Å². The van der Waals surface area contributed by atoms with Crippen molar-refractivity contribution in [2.45, 2.75) is 13.8 Å². The third kappa shape index (κ3) is 5.27. The van der Waals surface area contributed by atoms with Crippen LogP contribution >= 0.6 is 11.6 Å². The second kappa shape index (κ2) is 7.84. The van der Waals surface area contributed by atoms with Gasteiger partial charge in [0.05, 0.1) is 11.8 Å². The predicted molar refractivity (Wildman–Crippen MR) is 98.2 cm³/mol. The molecule has 0 unspecified atom stereocenters. The molecule has 0 amide bonds. The monoisotopic (exact) mass is 396 g/mol. The number of pyridine rings is 1. The Labute approximate surface area is 156 Å². The normalized spacial score (nSPS) is 11.1. The third-order valence-corrected chi connectivity index (χ3v) is 4.23. The molecule has 0 aliphatic heterocycles. The topological polar surface area (TPSA) is 102 Å². The van der Waals surface area contributed by atoms with E-state index in [1.165, 1.54) is 24.3 Å². The number of aromatic nitrogens is 1. The van der Waals surface area contributed by atoms with Crippen LogP contribution < -0.4 is 4.72 Å². The highest BCUT2D eigenvalue weighted by Gasteiger charge is 2.18. The number of benzene rings is 1. The second-order valence-electron chi connectivity index (χ2n) is 5.70. The first-order valence-corrected chi connectivity index (χ1v) is 9.75. The molecular weight excluding hydrogens is 380 g/mol. The number of ether oxygens (including phenoxy) is 1. The van der Waals surface area contributed by atoms with Crippen LogP contribution in [-0.4, -0.2) is 38.0 Å². The number of nitrogens with zero attached hydrogens (tertiary/aromatic N) is 1. The van der Waals surface area contributed by atoms with Crippen LogP contribution in [0.1, 0.15) is 32.0 Å². The lowest BCUT2D eigenvalue weighted by Crippen LogP contribution is -2.16. The van der Waals surface area contributed by atoms with E-state index in [1.54, 1.807) is 19.9 Å². The van der Waals surface area contributed by atoms with E-state index in [9.17, 15) is 18.0 Å². The Hall–Kier alpha value is -2.45. The molecule has 0 atom stereocenters. The minimum atomic E-state index is -3.40. The number of esters is 1. The number of rotatable bonds is 6. The van der Waals surface area contributed by atoms with Gasteiger partial charge in [-0.3, -0.25) is 9.52 Å². The van der Waals surface area contributed by atoms with Crippen molar-refractivity contribution >= 4 is 39.1 Å². The Balaban J connectivity index is 2.03. The van der Waals surface area contributed by atoms with Crippen LogP contribution in [0.2, 0.25) is 5.15 Å². The summed E-state index contributed by atoms with van der Waals surface area (Å²) >= 11 is 5.98. The van der Waals surface area contributed by atoms with Crippen LogP contribution in [0.3, 0.4) is 0 Å². The van der Waals surface area contributed by atoms with Crippen LogP contribution in [0.4, 0.5) is 5.69 Å². The molecule has 0 aliphatic carbocycles. The maximum absolute atomic E-state index is 12.2. The van der Waals surface area contributed by atoms with Crippen molar-refractivity contribution in [1.82, 2.24) is 4.98 Å². The van der Waals surface area contributed by atoms with Crippen LogP contribution in [0, 0.1) is 13.8 Å². The van der Waals surface area contributed by atoms with Crippen LogP contribution in [-0.2, 0) is 14.8 Å². The van der Waals surface area contributed by atoms with Gasteiger partial charge in [0.1, 0.15) is 5.15 Å². The van der Waals surface area contributed by atoms with Gasteiger partial charge in [-0.15, -0.1) is 0 Å². The molecule has 7 nitrogen and oxygen atoms in total. The van der Waals surface area contributed by atoms with Gasteiger partial charge >= 0.3 is 5.97 Å². The summed E-state index contributed by atoms with van der Waals surface area (Å²) in [5, 5.41) is 0.0242. The maximum Gasteiger partial charge on any atom is 0.342 e. The van der Waals surface area contributed by atoms with Gasteiger partial charge in [0.2, 0.25) is 10.0 Å². The number of ketones is 1. The molecule has 1 aromatic carbocycles. The fourth-order valence-corrected chi connectivity index (χ4v) is 3.18. The van der Waals surface area contributed by atoms with Gasteiger partial charge in [0.15, 0.2) is 12.4 Å². The first-order valence-electron chi connectivity index (χ1n) is 7.49. The smallest absolute Gasteiger partial charge is 0.342 e. The van der Waals surface area contributed by atoms with Crippen molar-refractivity contribution < 1.29 is 22.7 Å². The lowest BCUT2D eigenvalue weighted by Gasteiger charge is -2.09. The third-order valence-electron chi connectivity index (χ3n) is 3.35. The number of carbonyl (C=O) groups is 2. The molecule has 0 fully saturated rings. The molecule has 0 saturated heterocycles. The van der Waals surface area contributed by atoms with Gasteiger partial charge in [0, 0.05) is 16.9 Å². The van der Waals surface area contributed by atoms with Gasteiger partial charge in [-0.1, -0.05) is 11.6 Å². The number of hydrogen-bond donors (Lipinski definition) is 1. The molecule has 138 valence electrons. The average Bonchev–Trinajstić information content (AvgIpc) is 2.50. The fourth-order valence-electron chi connectivity index (χ4n) is 2.26. The van der Waals surface area contributed by atoms with E-state index >= 15 is 0 Å². The van der Waals surface area contributed by atoms with Crippen molar-refractivity contribution in [2.24, 2.45) is 0 Å². The number of aryl methyl sites for hydroxylation is 2. The Kier molecular flexibility index (Phi) is 5.99. The summed E-state index contributed by atoms with van der Waals surface area (Å²) in [5.41, 5.74) is 2.01. The summed E-state index contributed by atoms with van der Waals surface area (Å²) in [6.07, 6.45) is 1.03. The molecule has 2 rings (SSSR count). The van der Waals surface area contributed by atoms with E-state index < -0.39 is 28.4 Å². The molecule has 0 bridgehead atoms. The molecule has 26 heavy (non-hydrogen) atoms. The molecule has 1 heterocycles. The summed E-state index contributed by atoms with van der Waals surface area (Å²) in [6, 6.07) is 7.46. The summed E-state index contributed by atoms with van der Waals surface area (Å²) in [4.78, 5) is 28.3. The highest BCUT2D eigenvalue weighted by atomic mass is 35.5. The molecule has 0 aliphatic rings. The van der Waals surface area contributed by atoms with Crippen LogP contribution in [0.5, 0.6) is 0 Å². The summed E-state index contributed by atoms with van der Waals surface area (Å²) in [6.45, 7) is 2.98. The van der Waals surface area contributed by atoms with Gasteiger partial charge in [-0.2, -0.15) is 0 Å². The molecule has 0 spiro atoms. The fraction of sp³-hybridized carbons (Fsp3) is 0.235. The van der Waals surface area contributed by atoms with Crippen molar-refractivity contribution in [3.8, 4) is 0 Å². The molecule has 0 saturated carbocycles. The molecule has 9 heteroatoms. The zero-order valence-electron chi connectivity index (χ0n) is 14.4. The quantitative estimate of drug-likeness (QED) is 0.457. The lowest BCUT2D eigenvalue weighted by molar-refractivity contribution is 0.0473. The molecule has 0 radical (unpaired) electrons. The maximum atomic E-state index is 12.2. The van der Waals surface area contributed by atoms with Crippen LogP contribution in [0.25, 0.3) is 0 Å². The van der Waals surface area contributed by atoms with Gasteiger partial charge in [-0.05, 0) is 49.7 Å². The van der Waals surface area contributed by atoms with E-state index in [2.05, 4.69) is 9.71 Å². The van der Waals surface area contributed by atoms with Crippen molar-refractivity contribution in [2.75, 3.05) is 17.6 Å². The van der Waals surface area contributed by atoms with Crippen molar-refractivity contribution in [3.05, 3.63) is 57.9 Å². The minimum Gasteiger partial charge on any atom is -0.454 e. The summed E-state index contributed by atoms with van der Waals surface area (Å²) < 4.78 is 29.6. The molecule has 2 aromatic rings. The zero-order valence-corrected chi connectivity index (χ0v) is 15.9. The number of nitrogens with one attached hydrogen (secondary N) is 1. The highest BCUT2D eigenvalue weighted by molar-refractivity contribution is 7.92. The van der Waals surface area contributed by atoms with E-state index in [-0.39, 0.29) is 16.3 Å². The number of Topliss-reactive ketones (excluding diaryl/α,β-unsaturated/α-hetero) is 1. The summed E-state index contributed by atoms with van der Waals surface area (Å²) in [7, 11) is -3.40. The van der Waals surface area contributed by atoms with E-state index in [0.717, 1.165) is 6.26 Å². The SMILES string of the molecule is Cc1cc(C)c(C(=O)OCC(=O)c2ccc(NS(C)(=O)=O)cc2)c(Cl)n1. The second-order valence-corrected chi connectivity index (χ2v) is 7.80. The average molecular weight is 397 g/mol.